The molecule has 0 saturated carbocycles. The fourth-order valence-corrected chi connectivity index (χ4v) is 2.19. The molecule has 0 aliphatic heterocycles. The SMILES string of the molecule is CC(=O)N/N=C\c1cc(C)n(-c2ccc(C#N)cc2)c1C. The second-order valence-corrected chi connectivity index (χ2v) is 4.75. The monoisotopic (exact) mass is 280 g/mol. The number of rotatable bonds is 3. The predicted molar refractivity (Wildman–Crippen MR) is 81.4 cm³/mol. The number of aromatic nitrogens is 1. The molecule has 106 valence electrons. The van der Waals surface area contributed by atoms with Crippen molar-refractivity contribution in [1.82, 2.24) is 9.99 Å². The lowest BCUT2D eigenvalue weighted by atomic mass is 10.2. The average Bonchev–Trinajstić information content (AvgIpc) is 2.73. The molecule has 0 radical (unpaired) electrons. The number of nitrogens with zero attached hydrogens (tertiary/aromatic N) is 3. The quantitative estimate of drug-likeness (QED) is 0.693. The van der Waals surface area contributed by atoms with Gasteiger partial charge in [-0.05, 0) is 44.2 Å². The van der Waals surface area contributed by atoms with Gasteiger partial charge in [0.2, 0.25) is 5.91 Å². The molecular formula is C16H16N4O. The minimum Gasteiger partial charge on any atom is -0.318 e. The van der Waals surface area contributed by atoms with E-state index in [-0.39, 0.29) is 5.91 Å². The molecule has 5 heteroatoms. The molecule has 5 nitrogen and oxygen atoms in total. The topological polar surface area (TPSA) is 70.2 Å². The number of hydrogen-bond donors (Lipinski definition) is 1. The predicted octanol–water partition coefficient (Wildman–Crippen LogP) is 2.44. The third-order valence-electron chi connectivity index (χ3n) is 3.15. The summed E-state index contributed by atoms with van der Waals surface area (Å²) in [5, 5.41) is 12.7. The van der Waals surface area contributed by atoms with Gasteiger partial charge in [0, 0.05) is 29.6 Å². The van der Waals surface area contributed by atoms with Gasteiger partial charge in [0.1, 0.15) is 0 Å². The molecule has 1 heterocycles. The summed E-state index contributed by atoms with van der Waals surface area (Å²) in [7, 11) is 0. The van der Waals surface area contributed by atoms with Crippen LogP contribution in [0.25, 0.3) is 5.69 Å². The number of carbonyl (C=O) groups excluding carboxylic acids is 1. The van der Waals surface area contributed by atoms with Crippen LogP contribution in [0.4, 0.5) is 0 Å². The Bertz CT molecular complexity index is 733. The van der Waals surface area contributed by atoms with Crippen LogP contribution in [0, 0.1) is 25.2 Å². The van der Waals surface area contributed by atoms with Gasteiger partial charge in [-0.15, -0.1) is 0 Å². The molecule has 0 unspecified atom stereocenters. The first-order valence-corrected chi connectivity index (χ1v) is 6.52. The highest BCUT2D eigenvalue weighted by molar-refractivity contribution is 5.83. The lowest BCUT2D eigenvalue weighted by Gasteiger charge is -2.09. The molecule has 1 amide bonds. The molecule has 2 rings (SSSR count). The molecule has 1 aromatic carbocycles. The molecule has 0 fully saturated rings. The highest BCUT2D eigenvalue weighted by Gasteiger charge is 2.09. The first kappa shape index (κ1) is 14.5. The summed E-state index contributed by atoms with van der Waals surface area (Å²) in [6, 6.07) is 11.5. The van der Waals surface area contributed by atoms with Crippen molar-refractivity contribution in [2.45, 2.75) is 20.8 Å². The maximum Gasteiger partial charge on any atom is 0.236 e. The van der Waals surface area contributed by atoms with Crippen LogP contribution >= 0.6 is 0 Å². The van der Waals surface area contributed by atoms with Gasteiger partial charge in [0.25, 0.3) is 0 Å². The molecule has 0 spiro atoms. The Morgan fingerprint density at radius 1 is 1.33 bits per heavy atom. The zero-order valence-corrected chi connectivity index (χ0v) is 12.2. The third-order valence-corrected chi connectivity index (χ3v) is 3.15. The summed E-state index contributed by atoms with van der Waals surface area (Å²) in [5.41, 5.74) is 7.02. The van der Waals surface area contributed by atoms with Crippen LogP contribution in [0.2, 0.25) is 0 Å². The number of nitrogens with one attached hydrogen (secondary N) is 1. The largest absolute Gasteiger partial charge is 0.318 e. The number of hydrogen-bond acceptors (Lipinski definition) is 3. The van der Waals surface area contributed by atoms with E-state index in [1.807, 2.05) is 32.0 Å². The Hall–Kier alpha value is -2.87. The number of aryl methyl sites for hydroxylation is 1. The van der Waals surface area contributed by atoms with Crippen LogP contribution < -0.4 is 5.43 Å². The molecule has 0 bridgehead atoms. The Kier molecular flexibility index (Phi) is 4.19. The normalized spacial score (nSPS) is 10.6. The van der Waals surface area contributed by atoms with Crippen LogP contribution in [-0.4, -0.2) is 16.7 Å². The van der Waals surface area contributed by atoms with E-state index in [0.29, 0.717) is 5.56 Å². The van der Waals surface area contributed by atoms with Crippen molar-refractivity contribution in [3.63, 3.8) is 0 Å². The van der Waals surface area contributed by atoms with E-state index in [9.17, 15) is 4.79 Å². The van der Waals surface area contributed by atoms with Crippen molar-refractivity contribution in [2.75, 3.05) is 0 Å². The number of carbonyl (C=O) groups is 1. The van der Waals surface area contributed by atoms with Gasteiger partial charge >= 0.3 is 0 Å². The second kappa shape index (κ2) is 6.06. The Morgan fingerprint density at radius 2 is 2.00 bits per heavy atom. The molecule has 21 heavy (non-hydrogen) atoms. The molecular weight excluding hydrogens is 264 g/mol. The highest BCUT2D eigenvalue weighted by Crippen LogP contribution is 2.20. The van der Waals surface area contributed by atoms with Crippen molar-refractivity contribution in [3.05, 3.63) is 52.8 Å². The number of nitriles is 1. The standard InChI is InChI=1S/C16H16N4O/c1-11-8-15(10-18-19-13(3)21)12(2)20(11)16-6-4-14(9-17)5-7-16/h4-8,10H,1-3H3,(H,19,21)/b18-10-. The minimum atomic E-state index is -0.202. The van der Waals surface area contributed by atoms with Crippen LogP contribution in [0.15, 0.2) is 35.4 Å². The summed E-state index contributed by atoms with van der Waals surface area (Å²) in [5.74, 6) is -0.202. The molecule has 0 aliphatic rings. The van der Waals surface area contributed by atoms with Crippen LogP contribution in [-0.2, 0) is 4.79 Å². The second-order valence-electron chi connectivity index (χ2n) is 4.75. The summed E-state index contributed by atoms with van der Waals surface area (Å²) < 4.78 is 2.08. The van der Waals surface area contributed by atoms with E-state index in [0.717, 1.165) is 22.6 Å². The lowest BCUT2D eigenvalue weighted by molar-refractivity contribution is -0.118. The van der Waals surface area contributed by atoms with Gasteiger partial charge in [-0.2, -0.15) is 10.4 Å². The zero-order chi connectivity index (χ0) is 15.4. The maximum atomic E-state index is 10.8. The molecule has 0 saturated heterocycles. The molecule has 0 atom stereocenters. The molecule has 1 aromatic heterocycles. The molecule has 2 aromatic rings. The van der Waals surface area contributed by atoms with Gasteiger partial charge in [-0.3, -0.25) is 4.79 Å². The average molecular weight is 280 g/mol. The summed E-state index contributed by atoms with van der Waals surface area (Å²) in [4.78, 5) is 10.8. The third kappa shape index (κ3) is 3.18. The van der Waals surface area contributed by atoms with E-state index in [1.54, 1.807) is 18.3 Å². The van der Waals surface area contributed by atoms with Gasteiger partial charge in [-0.1, -0.05) is 0 Å². The van der Waals surface area contributed by atoms with E-state index >= 15 is 0 Å². The van der Waals surface area contributed by atoms with E-state index in [2.05, 4.69) is 21.2 Å². The van der Waals surface area contributed by atoms with Crippen molar-refractivity contribution in [3.8, 4) is 11.8 Å². The Labute approximate surface area is 123 Å². The van der Waals surface area contributed by atoms with Gasteiger partial charge in [0.15, 0.2) is 0 Å². The summed E-state index contributed by atoms with van der Waals surface area (Å²) in [6.07, 6.45) is 1.63. The van der Waals surface area contributed by atoms with E-state index in [4.69, 9.17) is 5.26 Å². The molecule has 1 N–H and O–H groups in total. The maximum absolute atomic E-state index is 10.8. The fourth-order valence-electron chi connectivity index (χ4n) is 2.19. The number of hydrazone groups is 1. The number of benzene rings is 1. The van der Waals surface area contributed by atoms with Crippen LogP contribution in [0.3, 0.4) is 0 Å². The number of amides is 1. The van der Waals surface area contributed by atoms with Crippen molar-refractivity contribution < 1.29 is 4.79 Å². The minimum absolute atomic E-state index is 0.202. The lowest BCUT2D eigenvalue weighted by Crippen LogP contribution is -2.12. The highest BCUT2D eigenvalue weighted by atomic mass is 16.2. The first-order chi connectivity index (χ1) is 10.0. The van der Waals surface area contributed by atoms with Crippen molar-refractivity contribution in [2.24, 2.45) is 5.10 Å². The van der Waals surface area contributed by atoms with Crippen LogP contribution in [0.1, 0.15) is 29.4 Å². The van der Waals surface area contributed by atoms with Gasteiger partial charge < -0.3 is 4.57 Å². The van der Waals surface area contributed by atoms with E-state index in [1.165, 1.54) is 6.92 Å². The summed E-state index contributed by atoms with van der Waals surface area (Å²) >= 11 is 0. The van der Waals surface area contributed by atoms with Crippen molar-refractivity contribution in [1.29, 1.82) is 5.26 Å². The smallest absolute Gasteiger partial charge is 0.236 e. The first-order valence-electron chi connectivity index (χ1n) is 6.52. The van der Waals surface area contributed by atoms with Gasteiger partial charge in [-0.25, -0.2) is 5.43 Å². The van der Waals surface area contributed by atoms with E-state index < -0.39 is 0 Å². The Balaban J connectivity index is 2.36. The van der Waals surface area contributed by atoms with Crippen LogP contribution in [0.5, 0.6) is 0 Å². The van der Waals surface area contributed by atoms with Crippen molar-refractivity contribution >= 4 is 12.1 Å². The Morgan fingerprint density at radius 3 is 2.57 bits per heavy atom. The summed E-state index contributed by atoms with van der Waals surface area (Å²) in [6.45, 7) is 5.40. The fraction of sp³-hybridized carbons (Fsp3) is 0.188. The molecule has 0 aliphatic carbocycles. The zero-order valence-electron chi connectivity index (χ0n) is 12.2. The van der Waals surface area contributed by atoms with Gasteiger partial charge in [0.05, 0.1) is 17.8 Å².